The van der Waals surface area contributed by atoms with Gasteiger partial charge in [0, 0.05) is 5.69 Å². The van der Waals surface area contributed by atoms with E-state index in [2.05, 4.69) is 15.3 Å². The highest BCUT2D eigenvalue weighted by Gasteiger charge is 2.16. The monoisotopic (exact) mass is 350 g/mol. The van der Waals surface area contributed by atoms with Crippen molar-refractivity contribution in [1.82, 2.24) is 9.97 Å². The quantitative estimate of drug-likeness (QED) is 0.557. The summed E-state index contributed by atoms with van der Waals surface area (Å²) in [6, 6.07) is 15.7. The van der Waals surface area contributed by atoms with Crippen LogP contribution in [0.3, 0.4) is 0 Å². The lowest BCUT2D eigenvalue weighted by Gasteiger charge is -2.11. The van der Waals surface area contributed by atoms with Gasteiger partial charge in [0.25, 0.3) is 5.56 Å². The third-order valence-electron chi connectivity index (χ3n) is 3.53. The van der Waals surface area contributed by atoms with Crippen molar-refractivity contribution in [3.8, 4) is 6.07 Å². The molecule has 25 heavy (non-hydrogen) atoms. The van der Waals surface area contributed by atoms with E-state index < -0.39 is 5.25 Å². The molecule has 0 aliphatic carbocycles. The predicted octanol–water partition coefficient (Wildman–Crippen LogP) is 2.91. The Kier molecular flexibility index (Phi) is 4.82. The van der Waals surface area contributed by atoms with E-state index in [-0.39, 0.29) is 11.5 Å². The number of para-hydroxylation sites is 1. The number of aromatic amines is 1. The molecule has 124 valence electrons. The summed E-state index contributed by atoms with van der Waals surface area (Å²) < 4.78 is 0. The molecule has 0 fully saturated rings. The van der Waals surface area contributed by atoms with Crippen molar-refractivity contribution >= 4 is 34.3 Å². The van der Waals surface area contributed by atoms with Crippen molar-refractivity contribution in [1.29, 1.82) is 5.26 Å². The second kappa shape index (κ2) is 7.20. The second-order valence-electron chi connectivity index (χ2n) is 5.33. The van der Waals surface area contributed by atoms with E-state index >= 15 is 0 Å². The van der Waals surface area contributed by atoms with E-state index in [0.717, 1.165) is 0 Å². The van der Waals surface area contributed by atoms with Gasteiger partial charge in [0.05, 0.1) is 27.8 Å². The van der Waals surface area contributed by atoms with Crippen LogP contribution in [0, 0.1) is 11.3 Å². The van der Waals surface area contributed by atoms with E-state index in [4.69, 9.17) is 5.26 Å². The van der Waals surface area contributed by atoms with Crippen LogP contribution < -0.4 is 10.9 Å². The van der Waals surface area contributed by atoms with E-state index in [1.54, 1.807) is 49.4 Å². The van der Waals surface area contributed by atoms with E-state index in [1.807, 2.05) is 12.1 Å². The molecule has 0 unspecified atom stereocenters. The number of amides is 1. The number of nitriles is 1. The number of carbonyl (C=O) groups is 1. The Bertz CT molecular complexity index is 1020. The van der Waals surface area contributed by atoms with Crippen molar-refractivity contribution < 1.29 is 4.79 Å². The summed E-state index contributed by atoms with van der Waals surface area (Å²) in [5, 5.41) is 12.0. The predicted molar refractivity (Wildman–Crippen MR) is 97.5 cm³/mol. The number of nitrogens with zero attached hydrogens (tertiary/aromatic N) is 2. The first-order valence-electron chi connectivity index (χ1n) is 7.53. The normalized spacial score (nSPS) is 11.7. The molecule has 0 bridgehead atoms. The molecule has 3 rings (SSSR count). The second-order valence-corrected chi connectivity index (χ2v) is 6.66. The first-order valence-corrected chi connectivity index (χ1v) is 8.41. The van der Waals surface area contributed by atoms with Gasteiger partial charge in [-0.15, -0.1) is 0 Å². The molecular formula is C18H14N4O2S. The molecule has 0 spiro atoms. The van der Waals surface area contributed by atoms with Crippen LogP contribution >= 0.6 is 11.8 Å². The highest BCUT2D eigenvalue weighted by molar-refractivity contribution is 8.00. The minimum absolute atomic E-state index is 0.217. The number of hydrogen-bond acceptors (Lipinski definition) is 5. The highest BCUT2D eigenvalue weighted by Crippen LogP contribution is 2.21. The number of nitrogens with one attached hydrogen (secondary N) is 2. The number of carbonyl (C=O) groups excluding carboxylic acids is 1. The van der Waals surface area contributed by atoms with Crippen molar-refractivity contribution in [2.45, 2.75) is 17.3 Å². The van der Waals surface area contributed by atoms with Crippen LogP contribution in [0.2, 0.25) is 0 Å². The fourth-order valence-electron chi connectivity index (χ4n) is 2.21. The number of hydrogen-bond donors (Lipinski definition) is 2. The van der Waals surface area contributed by atoms with Crippen molar-refractivity contribution in [2.24, 2.45) is 0 Å². The summed E-state index contributed by atoms with van der Waals surface area (Å²) in [5.74, 6) is -0.217. The average Bonchev–Trinajstić information content (AvgIpc) is 2.62. The number of aromatic nitrogens is 2. The van der Waals surface area contributed by atoms with Gasteiger partial charge in [-0.25, -0.2) is 4.98 Å². The molecule has 7 heteroatoms. The molecule has 2 aromatic carbocycles. The maximum Gasteiger partial charge on any atom is 0.259 e. The molecular weight excluding hydrogens is 336 g/mol. The highest BCUT2D eigenvalue weighted by atomic mass is 32.2. The molecule has 0 aliphatic heterocycles. The van der Waals surface area contributed by atoms with Crippen LogP contribution in [-0.4, -0.2) is 21.1 Å². The molecule has 0 saturated heterocycles. The number of thioether (sulfide) groups is 1. The third kappa shape index (κ3) is 3.87. The Morgan fingerprint density at radius 3 is 2.68 bits per heavy atom. The Labute approximate surface area is 147 Å². The van der Waals surface area contributed by atoms with Gasteiger partial charge in [-0.05, 0) is 43.3 Å². The zero-order chi connectivity index (χ0) is 17.8. The first-order chi connectivity index (χ1) is 12.1. The van der Waals surface area contributed by atoms with Crippen molar-refractivity contribution in [3.05, 3.63) is 64.4 Å². The summed E-state index contributed by atoms with van der Waals surface area (Å²) >= 11 is 1.18. The smallest absolute Gasteiger partial charge is 0.259 e. The van der Waals surface area contributed by atoms with Crippen LogP contribution in [0.5, 0.6) is 0 Å². The van der Waals surface area contributed by atoms with Gasteiger partial charge in [-0.2, -0.15) is 5.26 Å². The van der Waals surface area contributed by atoms with Gasteiger partial charge < -0.3 is 10.3 Å². The lowest BCUT2D eigenvalue weighted by atomic mass is 10.2. The topological polar surface area (TPSA) is 98.6 Å². The van der Waals surface area contributed by atoms with Crippen molar-refractivity contribution in [2.75, 3.05) is 5.32 Å². The molecule has 2 N–H and O–H groups in total. The van der Waals surface area contributed by atoms with Crippen LogP contribution in [-0.2, 0) is 4.79 Å². The Morgan fingerprint density at radius 1 is 1.24 bits per heavy atom. The number of benzene rings is 2. The standard InChI is InChI=1S/C18H14N4O2S/c1-11(16(23)20-13-8-6-12(10-19)7-9-13)25-18-21-15-5-3-2-4-14(15)17(24)22-18/h2-9,11H,1H3,(H,20,23)(H,21,22,24)/t11-/m1/s1. The lowest BCUT2D eigenvalue weighted by molar-refractivity contribution is -0.115. The minimum atomic E-state index is -0.458. The first kappa shape index (κ1) is 16.7. The number of fused-ring (bicyclic) bond motifs is 1. The summed E-state index contributed by atoms with van der Waals surface area (Å²) in [6.07, 6.45) is 0. The molecule has 3 aromatic rings. The fraction of sp³-hybridized carbons (Fsp3) is 0.111. The van der Waals surface area contributed by atoms with Gasteiger partial charge in [-0.3, -0.25) is 9.59 Å². The van der Waals surface area contributed by atoms with Crippen LogP contribution in [0.4, 0.5) is 5.69 Å². The fourth-order valence-corrected chi connectivity index (χ4v) is 3.02. The Morgan fingerprint density at radius 2 is 1.96 bits per heavy atom. The summed E-state index contributed by atoms with van der Waals surface area (Å²) in [4.78, 5) is 31.4. The summed E-state index contributed by atoms with van der Waals surface area (Å²) in [6.45, 7) is 1.73. The van der Waals surface area contributed by atoms with Gasteiger partial charge >= 0.3 is 0 Å². The number of H-pyrrole nitrogens is 1. The molecule has 1 heterocycles. The molecule has 0 aliphatic rings. The largest absolute Gasteiger partial charge is 0.325 e. The minimum Gasteiger partial charge on any atom is -0.325 e. The SMILES string of the molecule is C[C@@H](Sc1nc2ccccc2c(=O)[nH]1)C(=O)Nc1ccc(C#N)cc1. The van der Waals surface area contributed by atoms with Gasteiger partial charge in [0.15, 0.2) is 5.16 Å². The number of anilines is 1. The zero-order valence-electron chi connectivity index (χ0n) is 13.3. The van der Waals surface area contributed by atoms with Gasteiger partial charge in [0.2, 0.25) is 5.91 Å². The van der Waals surface area contributed by atoms with Crippen LogP contribution in [0.1, 0.15) is 12.5 Å². The maximum absolute atomic E-state index is 12.3. The molecule has 6 nitrogen and oxygen atoms in total. The summed E-state index contributed by atoms with van der Waals surface area (Å²) in [5.41, 5.74) is 1.50. The zero-order valence-corrected chi connectivity index (χ0v) is 14.1. The van der Waals surface area contributed by atoms with Gasteiger partial charge in [0.1, 0.15) is 0 Å². The van der Waals surface area contributed by atoms with E-state index in [9.17, 15) is 9.59 Å². The molecule has 1 amide bonds. The van der Waals surface area contributed by atoms with Gasteiger partial charge in [-0.1, -0.05) is 23.9 Å². The van der Waals surface area contributed by atoms with E-state index in [1.165, 1.54) is 11.8 Å². The molecule has 0 radical (unpaired) electrons. The summed E-state index contributed by atoms with van der Waals surface area (Å²) in [7, 11) is 0. The average molecular weight is 350 g/mol. The molecule has 1 aromatic heterocycles. The van der Waals surface area contributed by atoms with Crippen molar-refractivity contribution in [3.63, 3.8) is 0 Å². The van der Waals surface area contributed by atoms with Crippen LogP contribution in [0.15, 0.2) is 58.5 Å². The molecule has 0 saturated carbocycles. The number of rotatable bonds is 4. The molecule has 1 atom stereocenters. The van der Waals surface area contributed by atoms with E-state index in [0.29, 0.717) is 27.3 Å². The third-order valence-corrected chi connectivity index (χ3v) is 4.51. The Balaban J connectivity index is 1.72. The lowest BCUT2D eigenvalue weighted by Crippen LogP contribution is -2.23. The maximum atomic E-state index is 12.3. The van der Waals surface area contributed by atoms with Crippen LogP contribution in [0.25, 0.3) is 10.9 Å². The Hall–Kier alpha value is -3.11.